The molecule has 1 atom stereocenters. The van der Waals surface area contributed by atoms with Crippen LogP contribution in [0.4, 0.5) is 5.82 Å². The van der Waals surface area contributed by atoms with Crippen molar-refractivity contribution in [2.45, 2.75) is 45.2 Å². The Morgan fingerprint density at radius 2 is 2.26 bits per heavy atom. The molecule has 1 aliphatic rings. The molecule has 0 aliphatic heterocycles. The molecule has 4 nitrogen and oxygen atoms in total. The Hall–Kier alpha value is -1.55. The average Bonchev–Trinajstić information content (AvgIpc) is 3.15. The number of pyridine rings is 1. The maximum Gasteiger partial charge on any atom is 0.151 e. The van der Waals surface area contributed by atoms with Crippen LogP contribution in [-0.4, -0.2) is 28.0 Å². The first kappa shape index (κ1) is 12.5. The fraction of sp³-hybridized carbons (Fsp3) is 0.533. The van der Waals surface area contributed by atoms with Gasteiger partial charge in [-0.1, -0.05) is 6.07 Å². The molecule has 0 saturated heterocycles. The van der Waals surface area contributed by atoms with Crippen LogP contribution in [0.5, 0.6) is 0 Å². The highest BCUT2D eigenvalue weighted by atomic mass is 15.3. The van der Waals surface area contributed by atoms with Gasteiger partial charge in [-0.15, -0.1) is 0 Å². The Balaban J connectivity index is 2.10. The third-order valence-electron chi connectivity index (χ3n) is 3.72. The Labute approximate surface area is 114 Å². The van der Waals surface area contributed by atoms with Crippen LogP contribution in [-0.2, 0) is 6.42 Å². The molecule has 1 fully saturated rings. The molecular formula is C15H22N4. The number of hydrogen-bond acceptors (Lipinski definition) is 3. The largest absolute Gasteiger partial charge is 0.352 e. The predicted octanol–water partition coefficient (Wildman–Crippen LogP) is 2.21. The van der Waals surface area contributed by atoms with E-state index in [1.165, 1.54) is 18.5 Å². The van der Waals surface area contributed by atoms with Crippen LogP contribution in [0.2, 0.25) is 0 Å². The quantitative estimate of drug-likeness (QED) is 0.894. The molecule has 1 unspecified atom stereocenters. The summed E-state index contributed by atoms with van der Waals surface area (Å²) in [6.45, 7) is 5.28. The molecule has 3 rings (SSSR count). The van der Waals surface area contributed by atoms with E-state index in [-0.39, 0.29) is 6.04 Å². The van der Waals surface area contributed by atoms with Crippen LogP contribution in [0, 0.1) is 0 Å². The lowest BCUT2D eigenvalue weighted by atomic mass is 10.2. The van der Waals surface area contributed by atoms with E-state index >= 15 is 0 Å². The number of nitrogens with two attached hydrogens (primary N) is 1. The van der Waals surface area contributed by atoms with Crippen molar-refractivity contribution < 1.29 is 0 Å². The van der Waals surface area contributed by atoms with Gasteiger partial charge in [0.25, 0.3) is 0 Å². The molecule has 0 radical (unpaired) electrons. The number of nitrogens with zero attached hydrogens (tertiary/aromatic N) is 3. The maximum atomic E-state index is 6.02. The number of imidazole rings is 1. The second-order valence-corrected chi connectivity index (χ2v) is 5.51. The van der Waals surface area contributed by atoms with Gasteiger partial charge in [-0.2, -0.15) is 0 Å². The minimum absolute atomic E-state index is 0.150. The van der Waals surface area contributed by atoms with E-state index in [1.54, 1.807) is 0 Å². The summed E-state index contributed by atoms with van der Waals surface area (Å²) >= 11 is 0. The van der Waals surface area contributed by atoms with Gasteiger partial charge in [-0.25, -0.2) is 4.98 Å². The first-order valence-electron chi connectivity index (χ1n) is 7.19. The minimum atomic E-state index is 0.150. The topological polar surface area (TPSA) is 46.6 Å². The minimum Gasteiger partial charge on any atom is -0.352 e. The zero-order chi connectivity index (χ0) is 13.4. The fourth-order valence-electron chi connectivity index (χ4n) is 2.73. The third kappa shape index (κ3) is 2.32. The maximum absolute atomic E-state index is 6.02. The van der Waals surface area contributed by atoms with Crippen LogP contribution >= 0.6 is 0 Å². The molecular weight excluding hydrogens is 236 g/mol. The molecule has 0 bridgehead atoms. The molecule has 1 aliphatic carbocycles. The van der Waals surface area contributed by atoms with E-state index in [0.717, 1.165) is 24.4 Å². The summed E-state index contributed by atoms with van der Waals surface area (Å²) in [7, 11) is 0. The number of rotatable bonds is 5. The number of fused-ring (bicyclic) bond motifs is 1. The van der Waals surface area contributed by atoms with Crippen LogP contribution in [0.25, 0.3) is 5.65 Å². The lowest BCUT2D eigenvalue weighted by molar-refractivity contribution is 0.707. The van der Waals surface area contributed by atoms with Gasteiger partial charge in [0.2, 0.25) is 0 Å². The molecule has 0 amide bonds. The summed E-state index contributed by atoms with van der Waals surface area (Å²) in [5.74, 6) is 1.13. The Morgan fingerprint density at radius 1 is 1.47 bits per heavy atom. The second-order valence-electron chi connectivity index (χ2n) is 5.51. The summed E-state index contributed by atoms with van der Waals surface area (Å²) < 4.78 is 2.18. The molecule has 4 heteroatoms. The van der Waals surface area contributed by atoms with Gasteiger partial charge in [-0.3, -0.25) is 0 Å². The Kier molecular flexibility index (Phi) is 3.19. The third-order valence-corrected chi connectivity index (χ3v) is 3.72. The fourth-order valence-corrected chi connectivity index (χ4v) is 2.73. The van der Waals surface area contributed by atoms with Crippen molar-refractivity contribution in [3.05, 3.63) is 30.1 Å². The highest BCUT2D eigenvalue weighted by molar-refractivity contribution is 5.57. The van der Waals surface area contributed by atoms with Crippen molar-refractivity contribution in [1.29, 1.82) is 0 Å². The summed E-state index contributed by atoms with van der Waals surface area (Å²) in [6.07, 6.45) is 5.53. The number of aromatic nitrogens is 2. The van der Waals surface area contributed by atoms with Gasteiger partial charge in [0.05, 0.1) is 5.69 Å². The molecule has 2 N–H and O–H groups in total. The van der Waals surface area contributed by atoms with Crippen molar-refractivity contribution >= 4 is 11.5 Å². The van der Waals surface area contributed by atoms with Gasteiger partial charge in [-0.05, 0) is 38.8 Å². The highest BCUT2D eigenvalue weighted by Crippen LogP contribution is 2.33. The Morgan fingerprint density at radius 3 is 2.89 bits per heavy atom. The van der Waals surface area contributed by atoms with E-state index in [9.17, 15) is 0 Å². The molecule has 0 spiro atoms. The van der Waals surface area contributed by atoms with Gasteiger partial charge in [0, 0.05) is 31.2 Å². The monoisotopic (exact) mass is 258 g/mol. The van der Waals surface area contributed by atoms with Crippen molar-refractivity contribution in [1.82, 2.24) is 9.38 Å². The smallest absolute Gasteiger partial charge is 0.151 e. The summed E-state index contributed by atoms with van der Waals surface area (Å²) in [5.41, 5.74) is 8.29. The van der Waals surface area contributed by atoms with Crippen LogP contribution in [0.1, 0.15) is 32.4 Å². The average molecular weight is 258 g/mol. The van der Waals surface area contributed by atoms with E-state index in [1.807, 2.05) is 6.07 Å². The number of hydrogen-bond donors (Lipinski definition) is 1. The van der Waals surface area contributed by atoms with E-state index in [0.29, 0.717) is 6.04 Å². The van der Waals surface area contributed by atoms with Crippen molar-refractivity contribution in [2.75, 3.05) is 11.4 Å². The summed E-state index contributed by atoms with van der Waals surface area (Å²) in [4.78, 5) is 7.27. The predicted molar refractivity (Wildman–Crippen MR) is 78.6 cm³/mol. The van der Waals surface area contributed by atoms with E-state index < -0.39 is 0 Å². The Bertz CT molecular complexity index is 569. The first-order valence-corrected chi connectivity index (χ1v) is 7.19. The van der Waals surface area contributed by atoms with Crippen molar-refractivity contribution in [3.8, 4) is 0 Å². The molecule has 2 aromatic rings. The van der Waals surface area contributed by atoms with Gasteiger partial charge >= 0.3 is 0 Å². The van der Waals surface area contributed by atoms with Gasteiger partial charge in [0.1, 0.15) is 5.65 Å². The first-order chi connectivity index (χ1) is 9.20. The number of anilines is 1. The van der Waals surface area contributed by atoms with Gasteiger partial charge in [0.15, 0.2) is 5.82 Å². The zero-order valence-corrected chi connectivity index (χ0v) is 11.7. The van der Waals surface area contributed by atoms with Crippen LogP contribution in [0.3, 0.4) is 0 Å². The molecule has 1 saturated carbocycles. The standard InChI is InChI=1S/C15H22N4/c1-3-18(12-7-8-12)15-13(10-11(2)16)19-9-5-4-6-14(19)17-15/h4-6,9,11-12H,3,7-8,10,16H2,1-2H3. The molecule has 19 heavy (non-hydrogen) atoms. The summed E-state index contributed by atoms with van der Waals surface area (Å²) in [6, 6.07) is 6.99. The van der Waals surface area contributed by atoms with Crippen LogP contribution in [0.15, 0.2) is 24.4 Å². The lowest BCUT2D eigenvalue weighted by Gasteiger charge is -2.22. The SMILES string of the molecule is CCN(c1nc2ccccn2c1CC(C)N)C1CC1. The zero-order valence-electron chi connectivity index (χ0n) is 11.7. The van der Waals surface area contributed by atoms with E-state index in [4.69, 9.17) is 10.7 Å². The van der Waals surface area contributed by atoms with Crippen molar-refractivity contribution in [2.24, 2.45) is 5.73 Å². The summed E-state index contributed by atoms with van der Waals surface area (Å²) in [5, 5.41) is 0. The normalized spacial score (nSPS) is 16.8. The highest BCUT2D eigenvalue weighted by Gasteiger charge is 2.31. The lowest BCUT2D eigenvalue weighted by Crippen LogP contribution is -2.28. The molecule has 0 aromatic carbocycles. The van der Waals surface area contributed by atoms with Crippen LogP contribution < -0.4 is 10.6 Å². The molecule has 2 aromatic heterocycles. The second kappa shape index (κ2) is 4.85. The molecule has 2 heterocycles. The van der Waals surface area contributed by atoms with E-state index in [2.05, 4.69) is 41.5 Å². The van der Waals surface area contributed by atoms with Gasteiger partial charge < -0.3 is 15.0 Å². The van der Waals surface area contributed by atoms with Crippen molar-refractivity contribution in [3.63, 3.8) is 0 Å². The molecule has 102 valence electrons.